The number of benzene rings is 1. The van der Waals surface area contributed by atoms with Crippen LogP contribution in [0.2, 0.25) is 0 Å². The SMILES string of the molecule is Cc1nc2n(c(=O)c1CCCC1CCN(c3noc4cc(F)ccc34)CC1)CCCC2O. The number of hydrogen-bond donors (Lipinski definition) is 1. The van der Waals surface area contributed by atoms with Crippen molar-refractivity contribution in [1.29, 1.82) is 0 Å². The van der Waals surface area contributed by atoms with E-state index in [4.69, 9.17) is 4.52 Å². The highest BCUT2D eigenvalue weighted by atomic mass is 19.1. The van der Waals surface area contributed by atoms with Crippen LogP contribution >= 0.6 is 0 Å². The number of aryl methyl sites for hydroxylation is 1. The predicted octanol–water partition coefficient (Wildman–Crippen LogP) is 3.90. The van der Waals surface area contributed by atoms with Crippen molar-refractivity contribution in [2.45, 2.75) is 64.5 Å². The van der Waals surface area contributed by atoms with Gasteiger partial charge in [-0.3, -0.25) is 9.36 Å². The molecular weight excluding hydrogens is 411 g/mol. The maximum absolute atomic E-state index is 13.4. The number of aliphatic hydroxyl groups excluding tert-OH is 1. The molecule has 1 N–H and O–H groups in total. The molecule has 0 radical (unpaired) electrons. The molecule has 1 atom stereocenters. The third-order valence-corrected chi connectivity index (χ3v) is 7.02. The van der Waals surface area contributed by atoms with Crippen LogP contribution in [0.25, 0.3) is 11.0 Å². The van der Waals surface area contributed by atoms with Gasteiger partial charge in [-0.25, -0.2) is 9.37 Å². The Kier molecular flexibility index (Phi) is 5.71. The fourth-order valence-corrected chi connectivity index (χ4v) is 5.18. The van der Waals surface area contributed by atoms with E-state index in [-0.39, 0.29) is 11.4 Å². The number of halogens is 1. The summed E-state index contributed by atoms with van der Waals surface area (Å²) in [4.78, 5) is 19.7. The molecule has 2 aromatic heterocycles. The van der Waals surface area contributed by atoms with E-state index in [2.05, 4.69) is 15.0 Å². The van der Waals surface area contributed by atoms with Crippen LogP contribution in [0.4, 0.5) is 10.2 Å². The van der Waals surface area contributed by atoms with Crippen molar-refractivity contribution < 1.29 is 14.0 Å². The second-order valence-electron chi connectivity index (χ2n) is 9.12. The van der Waals surface area contributed by atoms with Crippen LogP contribution in [-0.2, 0) is 13.0 Å². The number of nitrogens with zero attached hydrogens (tertiary/aromatic N) is 4. The minimum Gasteiger partial charge on any atom is -0.385 e. The first-order valence-corrected chi connectivity index (χ1v) is 11.6. The van der Waals surface area contributed by atoms with Crippen LogP contribution in [0.3, 0.4) is 0 Å². The van der Waals surface area contributed by atoms with Crippen LogP contribution in [-0.4, -0.2) is 32.9 Å². The molecule has 2 aliphatic heterocycles. The van der Waals surface area contributed by atoms with Crippen molar-refractivity contribution in [1.82, 2.24) is 14.7 Å². The Morgan fingerprint density at radius 3 is 2.84 bits per heavy atom. The summed E-state index contributed by atoms with van der Waals surface area (Å²) >= 11 is 0. The van der Waals surface area contributed by atoms with Gasteiger partial charge in [0, 0.05) is 37.0 Å². The summed E-state index contributed by atoms with van der Waals surface area (Å²) in [6.45, 7) is 4.31. The van der Waals surface area contributed by atoms with Crippen molar-refractivity contribution in [3.63, 3.8) is 0 Å². The van der Waals surface area contributed by atoms with Gasteiger partial charge in [0.25, 0.3) is 5.56 Å². The molecule has 2 aliphatic rings. The molecule has 0 aliphatic carbocycles. The Labute approximate surface area is 185 Å². The minimum atomic E-state index is -0.629. The number of piperidine rings is 1. The summed E-state index contributed by atoms with van der Waals surface area (Å²) in [7, 11) is 0. The number of fused-ring (bicyclic) bond motifs is 2. The maximum Gasteiger partial charge on any atom is 0.257 e. The highest BCUT2D eigenvalue weighted by Gasteiger charge is 2.25. The van der Waals surface area contributed by atoms with E-state index in [1.54, 1.807) is 10.6 Å². The monoisotopic (exact) mass is 440 g/mol. The number of hydrogen-bond acceptors (Lipinski definition) is 6. The van der Waals surface area contributed by atoms with Gasteiger partial charge in [0.05, 0.1) is 5.39 Å². The second-order valence-corrected chi connectivity index (χ2v) is 9.12. The summed E-state index contributed by atoms with van der Waals surface area (Å²) in [6, 6.07) is 4.55. The molecule has 0 spiro atoms. The van der Waals surface area contributed by atoms with E-state index in [9.17, 15) is 14.3 Å². The second kappa shape index (κ2) is 8.65. The summed E-state index contributed by atoms with van der Waals surface area (Å²) < 4.78 is 20.4. The Morgan fingerprint density at radius 1 is 1.22 bits per heavy atom. The average molecular weight is 441 g/mol. The number of rotatable bonds is 5. The standard InChI is InChI=1S/C24H29FN4O3/c1-15-18(24(31)29-11-3-6-20(30)23(29)26-15)5-2-4-16-9-12-28(13-10-16)22-19-8-7-17(25)14-21(19)32-27-22/h7-8,14,16,20,30H,2-6,9-13H2,1H3. The van der Waals surface area contributed by atoms with E-state index in [0.717, 1.165) is 74.1 Å². The number of anilines is 1. The van der Waals surface area contributed by atoms with E-state index in [1.165, 1.54) is 12.1 Å². The molecule has 1 aromatic carbocycles. The molecule has 1 fully saturated rings. The molecule has 3 aromatic rings. The van der Waals surface area contributed by atoms with Crippen molar-refractivity contribution in [3.05, 3.63) is 51.5 Å². The summed E-state index contributed by atoms with van der Waals surface area (Å²) in [5.74, 6) is 1.61. The van der Waals surface area contributed by atoms with Crippen molar-refractivity contribution in [2.75, 3.05) is 18.0 Å². The molecule has 8 heteroatoms. The topological polar surface area (TPSA) is 84.4 Å². The zero-order valence-electron chi connectivity index (χ0n) is 18.4. The van der Waals surface area contributed by atoms with Gasteiger partial charge >= 0.3 is 0 Å². The maximum atomic E-state index is 13.4. The Bertz CT molecular complexity index is 1180. The zero-order chi connectivity index (χ0) is 22.2. The van der Waals surface area contributed by atoms with Gasteiger partial charge in [0.15, 0.2) is 11.4 Å². The average Bonchev–Trinajstić information content (AvgIpc) is 3.20. The molecule has 32 heavy (non-hydrogen) atoms. The van der Waals surface area contributed by atoms with Crippen LogP contribution in [0.5, 0.6) is 0 Å². The molecule has 0 saturated carbocycles. The van der Waals surface area contributed by atoms with Gasteiger partial charge in [0.1, 0.15) is 17.7 Å². The molecule has 7 nitrogen and oxygen atoms in total. The van der Waals surface area contributed by atoms with Crippen LogP contribution in [0, 0.1) is 18.7 Å². The molecule has 5 rings (SSSR count). The van der Waals surface area contributed by atoms with E-state index >= 15 is 0 Å². The summed E-state index contributed by atoms with van der Waals surface area (Å²) in [6.07, 6.45) is 5.73. The van der Waals surface area contributed by atoms with E-state index in [1.807, 2.05) is 6.92 Å². The highest BCUT2D eigenvalue weighted by Crippen LogP contribution is 2.31. The summed E-state index contributed by atoms with van der Waals surface area (Å²) in [5, 5.41) is 15.2. The van der Waals surface area contributed by atoms with Crippen molar-refractivity contribution >= 4 is 16.8 Å². The van der Waals surface area contributed by atoms with E-state index in [0.29, 0.717) is 30.3 Å². The first-order valence-electron chi connectivity index (χ1n) is 11.6. The molecule has 0 bridgehead atoms. The zero-order valence-corrected chi connectivity index (χ0v) is 18.4. The fourth-order valence-electron chi connectivity index (χ4n) is 5.18. The lowest BCUT2D eigenvalue weighted by atomic mass is 9.90. The van der Waals surface area contributed by atoms with Crippen LogP contribution < -0.4 is 10.5 Å². The molecule has 1 saturated heterocycles. The van der Waals surface area contributed by atoms with Crippen LogP contribution in [0.1, 0.15) is 61.7 Å². The van der Waals surface area contributed by atoms with Crippen LogP contribution in [0.15, 0.2) is 27.5 Å². The Morgan fingerprint density at radius 2 is 2.03 bits per heavy atom. The Balaban J connectivity index is 1.18. The van der Waals surface area contributed by atoms with E-state index < -0.39 is 6.10 Å². The summed E-state index contributed by atoms with van der Waals surface area (Å²) in [5.41, 5.74) is 2.05. The normalized spacial score (nSPS) is 19.5. The third kappa shape index (κ3) is 3.92. The number of aliphatic hydroxyl groups is 1. The lowest BCUT2D eigenvalue weighted by Gasteiger charge is -2.32. The molecule has 4 heterocycles. The first kappa shape index (κ1) is 21.1. The minimum absolute atomic E-state index is 0.0235. The van der Waals surface area contributed by atoms with Gasteiger partial charge < -0.3 is 14.5 Å². The lowest BCUT2D eigenvalue weighted by molar-refractivity contribution is 0.129. The van der Waals surface area contributed by atoms with Gasteiger partial charge in [-0.2, -0.15) is 0 Å². The number of aromatic nitrogens is 3. The van der Waals surface area contributed by atoms with Gasteiger partial charge in [0.2, 0.25) is 0 Å². The largest absolute Gasteiger partial charge is 0.385 e. The molecule has 170 valence electrons. The van der Waals surface area contributed by atoms with Gasteiger partial charge in [-0.05, 0) is 69.9 Å². The fraction of sp³-hybridized carbons (Fsp3) is 0.542. The first-order chi connectivity index (χ1) is 15.5. The Hall–Kier alpha value is -2.74. The highest BCUT2D eigenvalue weighted by molar-refractivity contribution is 5.88. The van der Waals surface area contributed by atoms with Gasteiger partial charge in [-0.15, -0.1) is 0 Å². The molecule has 1 unspecified atom stereocenters. The third-order valence-electron chi connectivity index (χ3n) is 7.02. The van der Waals surface area contributed by atoms with Gasteiger partial charge in [-0.1, -0.05) is 5.16 Å². The predicted molar refractivity (Wildman–Crippen MR) is 119 cm³/mol. The van der Waals surface area contributed by atoms with Crippen molar-refractivity contribution in [3.8, 4) is 0 Å². The van der Waals surface area contributed by atoms with Crippen molar-refractivity contribution in [2.24, 2.45) is 5.92 Å². The lowest BCUT2D eigenvalue weighted by Crippen LogP contribution is -2.34. The molecule has 0 amide bonds. The smallest absolute Gasteiger partial charge is 0.257 e. The molecular formula is C24H29FN4O3. The quantitative estimate of drug-likeness (QED) is 0.648.